The molecular weight excluding hydrogens is 289 g/mol. The van der Waals surface area contributed by atoms with E-state index in [-0.39, 0.29) is 18.6 Å². The highest BCUT2D eigenvalue weighted by molar-refractivity contribution is 7.62. The van der Waals surface area contributed by atoms with Gasteiger partial charge in [0.1, 0.15) is 5.82 Å². The third kappa shape index (κ3) is 3.53. The number of imidazole rings is 1. The number of nitrogens with zero attached hydrogens (tertiary/aromatic N) is 2. The van der Waals surface area contributed by atoms with Crippen LogP contribution in [0.5, 0.6) is 0 Å². The summed E-state index contributed by atoms with van der Waals surface area (Å²) in [6.07, 6.45) is 1.56. The Hall–Kier alpha value is -1.62. The van der Waals surface area contributed by atoms with E-state index in [1.54, 1.807) is 24.7 Å². The van der Waals surface area contributed by atoms with E-state index in [2.05, 4.69) is 4.98 Å². The summed E-state index contributed by atoms with van der Waals surface area (Å²) in [6, 6.07) is 9.83. The summed E-state index contributed by atoms with van der Waals surface area (Å²) < 4.78 is 25.0. The van der Waals surface area contributed by atoms with Gasteiger partial charge < -0.3 is 19.3 Å². The molecule has 1 aromatic heterocycles. The molecule has 0 aliphatic heterocycles. The first-order chi connectivity index (χ1) is 10.1. The van der Waals surface area contributed by atoms with E-state index < -0.39 is 7.60 Å². The normalized spacial score (nSPS) is 11.7. The molecule has 7 heteroatoms. The smallest absolute Gasteiger partial charge is 0.383 e. The van der Waals surface area contributed by atoms with E-state index >= 15 is 0 Å². The molecule has 2 aromatic rings. The summed E-state index contributed by atoms with van der Waals surface area (Å²) in [6.45, 7) is 4.59. The standard InChI is InChI=1S/C14H20N3O3P/c1-3-19-21(18,20-4-2)14-13(15)17(11-16-14)10-12-8-6-5-7-9-12/h5-9,11H,3-4,10,15H2,1-2H3. The summed E-state index contributed by atoms with van der Waals surface area (Å²) in [4.78, 5) is 4.15. The predicted octanol–water partition coefficient (Wildman–Crippen LogP) is 2.41. The van der Waals surface area contributed by atoms with Gasteiger partial charge in [0, 0.05) is 0 Å². The first-order valence-electron chi connectivity index (χ1n) is 6.85. The lowest BCUT2D eigenvalue weighted by Gasteiger charge is -2.15. The number of anilines is 1. The van der Waals surface area contributed by atoms with Gasteiger partial charge in [0.15, 0.2) is 5.44 Å². The van der Waals surface area contributed by atoms with Crippen molar-refractivity contribution in [1.29, 1.82) is 0 Å². The Bertz CT molecular complexity index is 618. The van der Waals surface area contributed by atoms with Crippen molar-refractivity contribution in [3.8, 4) is 0 Å². The molecule has 6 nitrogen and oxygen atoms in total. The number of aromatic nitrogens is 2. The van der Waals surface area contributed by atoms with E-state index in [1.165, 1.54) is 0 Å². The van der Waals surface area contributed by atoms with Gasteiger partial charge >= 0.3 is 7.60 Å². The molecule has 0 bridgehead atoms. The van der Waals surface area contributed by atoms with Crippen molar-refractivity contribution in [1.82, 2.24) is 9.55 Å². The van der Waals surface area contributed by atoms with Crippen LogP contribution < -0.4 is 11.2 Å². The van der Waals surface area contributed by atoms with Crippen molar-refractivity contribution in [2.75, 3.05) is 18.9 Å². The summed E-state index contributed by atoms with van der Waals surface area (Å²) in [5, 5.41) is 0. The summed E-state index contributed by atoms with van der Waals surface area (Å²) in [5.74, 6) is 0.309. The van der Waals surface area contributed by atoms with Crippen LogP contribution in [-0.2, 0) is 20.2 Å². The lowest BCUT2D eigenvalue weighted by Crippen LogP contribution is -2.17. The fourth-order valence-corrected chi connectivity index (χ4v) is 3.60. The number of benzene rings is 1. The highest BCUT2D eigenvalue weighted by atomic mass is 31.2. The third-order valence-corrected chi connectivity index (χ3v) is 4.97. The second kappa shape index (κ2) is 6.89. The minimum atomic E-state index is -3.45. The first-order valence-corrected chi connectivity index (χ1v) is 8.39. The van der Waals surface area contributed by atoms with Crippen molar-refractivity contribution < 1.29 is 13.6 Å². The highest BCUT2D eigenvalue weighted by Gasteiger charge is 2.33. The minimum absolute atomic E-state index is 0.183. The lowest BCUT2D eigenvalue weighted by molar-refractivity contribution is 0.229. The number of rotatable bonds is 7. The van der Waals surface area contributed by atoms with Crippen LogP contribution >= 0.6 is 7.60 Å². The highest BCUT2D eigenvalue weighted by Crippen LogP contribution is 2.47. The molecule has 0 unspecified atom stereocenters. The van der Waals surface area contributed by atoms with Crippen LogP contribution in [0.3, 0.4) is 0 Å². The first kappa shape index (κ1) is 15.8. The fraction of sp³-hybridized carbons (Fsp3) is 0.357. The zero-order valence-corrected chi connectivity index (χ0v) is 13.1. The Labute approximate surface area is 124 Å². The minimum Gasteiger partial charge on any atom is -0.383 e. The van der Waals surface area contributed by atoms with Gasteiger partial charge in [-0.3, -0.25) is 4.57 Å². The Kier molecular flexibility index (Phi) is 5.17. The average molecular weight is 309 g/mol. The third-order valence-electron chi connectivity index (χ3n) is 2.91. The van der Waals surface area contributed by atoms with Gasteiger partial charge in [-0.15, -0.1) is 0 Å². The quantitative estimate of drug-likeness (QED) is 0.794. The Morgan fingerprint density at radius 1 is 1.19 bits per heavy atom. The number of nitrogens with two attached hydrogens (primary N) is 1. The van der Waals surface area contributed by atoms with Crippen molar-refractivity contribution in [3.05, 3.63) is 42.2 Å². The molecule has 0 radical (unpaired) electrons. The number of hydrogen-bond donors (Lipinski definition) is 1. The van der Waals surface area contributed by atoms with Crippen LogP contribution in [0.2, 0.25) is 0 Å². The molecule has 114 valence electrons. The van der Waals surface area contributed by atoms with Gasteiger partial charge in [0.05, 0.1) is 26.1 Å². The van der Waals surface area contributed by atoms with Gasteiger partial charge in [0.25, 0.3) is 0 Å². The van der Waals surface area contributed by atoms with Crippen LogP contribution in [0.1, 0.15) is 19.4 Å². The zero-order valence-electron chi connectivity index (χ0n) is 12.2. The molecule has 0 aliphatic rings. The van der Waals surface area contributed by atoms with Crippen LogP contribution in [-0.4, -0.2) is 22.8 Å². The van der Waals surface area contributed by atoms with Gasteiger partial charge in [-0.25, -0.2) is 4.98 Å². The van der Waals surface area contributed by atoms with Gasteiger partial charge in [-0.1, -0.05) is 30.3 Å². The Balaban J connectivity index is 2.29. The Morgan fingerprint density at radius 3 is 2.38 bits per heavy atom. The second-order valence-corrected chi connectivity index (χ2v) is 6.33. The molecule has 1 heterocycles. The van der Waals surface area contributed by atoms with Crippen molar-refractivity contribution >= 4 is 18.8 Å². The molecule has 0 spiro atoms. The molecular formula is C14H20N3O3P. The maximum Gasteiger partial charge on any atom is 0.383 e. The molecule has 0 aliphatic carbocycles. The van der Waals surface area contributed by atoms with Gasteiger partial charge in [-0.05, 0) is 19.4 Å². The van der Waals surface area contributed by atoms with Crippen LogP contribution in [0.25, 0.3) is 0 Å². The maximum atomic E-state index is 12.7. The molecule has 0 fully saturated rings. The van der Waals surface area contributed by atoms with Crippen molar-refractivity contribution in [3.63, 3.8) is 0 Å². The van der Waals surface area contributed by atoms with E-state index in [9.17, 15) is 4.57 Å². The maximum absolute atomic E-state index is 12.7. The Morgan fingerprint density at radius 2 is 1.81 bits per heavy atom. The van der Waals surface area contributed by atoms with Crippen LogP contribution in [0.4, 0.5) is 5.82 Å². The number of hydrogen-bond acceptors (Lipinski definition) is 5. The van der Waals surface area contributed by atoms with Crippen molar-refractivity contribution in [2.24, 2.45) is 0 Å². The summed E-state index contributed by atoms with van der Waals surface area (Å²) >= 11 is 0. The average Bonchev–Trinajstić information content (AvgIpc) is 2.82. The SMILES string of the molecule is CCOP(=O)(OCC)c1ncn(Cc2ccccc2)c1N. The van der Waals surface area contributed by atoms with E-state index in [0.29, 0.717) is 12.4 Å². The molecule has 0 amide bonds. The fourth-order valence-electron chi connectivity index (χ4n) is 2.00. The molecule has 2 rings (SSSR count). The largest absolute Gasteiger partial charge is 0.383 e. The molecule has 2 N–H and O–H groups in total. The van der Waals surface area contributed by atoms with Gasteiger partial charge in [0.2, 0.25) is 0 Å². The zero-order chi connectivity index (χ0) is 15.3. The number of nitrogen functional groups attached to an aromatic ring is 1. The predicted molar refractivity (Wildman–Crippen MR) is 82.7 cm³/mol. The molecule has 1 aromatic carbocycles. The molecule has 21 heavy (non-hydrogen) atoms. The van der Waals surface area contributed by atoms with Gasteiger partial charge in [-0.2, -0.15) is 0 Å². The molecule has 0 saturated carbocycles. The van der Waals surface area contributed by atoms with E-state index in [4.69, 9.17) is 14.8 Å². The monoisotopic (exact) mass is 309 g/mol. The van der Waals surface area contributed by atoms with E-state index in [0.717, 1.165) is 5.56 Å². The van der Waals surface area contributed by atoms with Crippen LogP contribution in [0, 0.1) is 0 Å². The van der Waals surface area contributed by atoms with Crippen LogP contribution in [0.15, 0.2) is 36.7 Å². The molecule has 0 atom stereocenters. The summed E-state index contributed by atoms with van der Waals surface area (Å²) in [5.41, 5.74) is 7.33. The lowest BCUT2D eigenvalue weighted by atomic mass is 10.2. The van der Waals surface area contributed by atoms with Crippen molar-refractivity contribution in [2.45, 2.75) is 20.4 Å². The van der Waals surface area contributed by atoms with E-state index in [1.807, 2.05) is 30.3 Å². The summed E-state index contributed by atoms with van der Waals surface area (Å²) in [7, 11) is -3.45. The topological polar surface area (TPSA) is 79.4 Å². The second-order valence-electron chi connectivity index (χ2n) is 4.40. The molecule has 0 saturated heterocycles.